The highest BCUT2D eigenvalue weighted by Crippen LogP contribution is 2.37. The third-order valence-electron chi connectivity index (χ3n) is 6.21. The maximum absolute atomic E-state index is 13.3. The van der Waals surface area contributed by atoms with Crippen LogP contribution in [0.25, 0.3) is 0 Å². The van der Waals surface area contributed by atoms with Gasteiger partial charge in [0, 0.05) is 45.0 Å². The number of amides is 2. The van der Waals surface area contributed by atoms with E-state index in [1.165, 1.54) is 11.8 Å². The van der Waals surface area contributed by atoms with Gasteiger partial charge in [0.15, 0.2) is 5.82 Å². The first-order valence-corrected chi connectivity index (χ1v) is 11.9. The second kappa shape index (κ2) is 10.7. The second-order valence-electron chi connectivity index (χ2n) is 8.72. The van der Waals surface area contributed by atoms with E-state index in [-0.39, 0.29) is 11.8 Å². The fourth-order valence-electron chi connectivity index (χ4n) is 4.32. The monoisotopic (exact) mass is 503 g/mol. The number of anilines is 4. The molecule has 0 radical (unpaired) electrons. The van der Waals surface area contributed by atoms with Crippen LogP contribution in [0.15, 0.2) is 48.8 Å². The Balaban J connectivity index is 1.50. The zero-order valence-electron chi connectivity index (χ0n) is 21.3. The summed E-state index contributed by atoms with van der Waals surface area (Å²) in [6, 6.07) is 10.6. The van der Waals surface area contributed by atoms with Gasteiger partial charge in [0.05, 0.1) is 17.9 Å². The topological polar surface area (TPSA) is 116 Å². The molecule has 1 N–H and O–H groups in total. The Morgan fingerprint density at radius 1 is 1.14 bits per heavy atom. The first-order chi connectivity index (χ1) is 17.7. The number of carbonyl (C=O) groups excluding carboxylic acids is 2. The minimum absolute atomic E-state index is 0.154. The number of fused-ring (bicyclic) bond motifs is 2. The molecular formula is C27H29N5O5. The lowest BCUT2D eigenvalue weighted by Gasteiger charge is -2.22. The van der Waals surface area contributed by atoms with Gasteiger partial charge in [-0.25, -0.2) is 9.97 Å². The van der Waals surface area contributed by atoms with Crippen molar-refractivity contribution in [3.05, 3.63) is 65.5 Å². The average Bonchev–Trinajstić information content (AvgIpc) is 2.96. The lowest BCUT2D eigenvalue weighted by atomic mass is 10.1. The number of pyridine rings is 2. The molecule has 37 heavy (non-hydrogen) atoms. The van der Waals surface area contributed by atoms with Crippen LogP contribution >= 0.6 is 0 Å². The summed E-state index contributed by atoms with van der Waals surface area (Å²) >= 11 is 0. The number of aryl methyl sites for hydroxylation is 1. The van der Waals surface area contributed by atoms with Crippen molar-refractivity contribution in [1.82, 2.24) is 9.97 Å². The molecule has 0 aliphatic carbocycles. The summed E-state index contributed by atoms with van der Waals surface area (Å²) < 4.78 is 5.96. The van der Waals surface area contributed by atoms with Gasteiger partial charge < -0.3 is 24.5 Å². The van der Waals surface area contributed by atoms with Crippen LogP contribution in [0.2, 0.25) is 0 Å². The van der Waals surface area contributed by atoms with Crippen molar-refractivity contribution < 1.29 is 24.2 Å². The number of hydrogen-bond donors (Lipinski definition) is 1. The minimum Gasteiger partial charge on any atom is -0.493 e. The van der Waals surface area contributed by atoms with Crippen LogP contribution in [0.5, 0.6) is 5.75 Å². The number of nitrogens with zero attached hydrogens (tertiary/aromatic N) is 5. The van der Waals surface area contributed by atoms with Crippen LogP contribution in [-0.4, -0.2) is 59.6 Å². The molecule has 0 fully saturated rings. The fourth-order valence-corrected chi connectivity index (χ4v) is 4.32. The van der Waals surface area contributed by atoms with Gasteiger partial charge in [-0.15, -0.1) is 0 Å². The lowest BCUT2D eigenvalue weighted by molar-refractivity contribution is -0.136. The third-order valence-corrected chi connectivity index (χ3v) is 6.21. The molecule has 0 spiro atoms. The number of aromatic nitrogens is 2. The molecule has 0 saturated heterocycles. The van der Waals surface area contributed by atoms with Crippen molar-refractivity contribution in [2.45, 2.75) is 27.2 Å². The van der Waals surface area contributed by atoms with Gasteiger partial charge in [0.1, 0.15) is 18.1 Å². The second-order valence-corrected chi connectivity index (χ2v) is 8.72. The zero-order chi connectivity index (χ0) is 26.7. The number of carboxylic acids is 1. The summed E-state index contributed by atoms with van der Waals surface area (Å²) in [5, 5.41) is 9.08. The summed E-state index contributed by atoms with van der Waals surface area (Å²) in [6.07, 6.45) is 3.97. The molecule has 2 aromatic heterocycles. The molecule has 1 aliphatic rings. The molecule has 1 aliphatic heterocycles. The van der Waals surface area contributed by atoms with Gasteiger partial charge in [0.25, 0.3) is 5.91 Å². The fraction of sp³-hybridized carbons (Fsp3) is 0.296. The van der Waals surface area contributed by atoms with Gasteiger partial charge in [-0.3, -0.25) is 14.4 Å². The maximum atomic E-state index is 13.3. The van der Waals surface area contributed by atoms with Gasteiger partial charge in [0.2, 0.25) is 5.91 Å². The molecule has 10 nitrogen and oxygen atoms in total. The number of carbonyl (C=O) groups is 3. The Labute approximate surface area is 215 Å². The SMILES string of the molecule is CCN1c2ncc(CCOc3ccc(N(CC(=O)O)C(C)=O)cc3C)cc2C(=O)N(C)c2cccnc21. The van der Waals surface area contributed by atoms with E-state index < -0.39 is 12.5 Å². The molecule has 0 unspecified atom stereocenters. The van der Waals surface area contributed by atoms with Crippen LogP contribution in [0, 0.1) is 6.92 Å². The molecule has 4 rings (SSSR count). The Bertz CT molecular complexity index is 1360. The van der Waals surface area contributed by atoms with Crippen molar-refractivity contribution in [2.75, 3.05) is 41.4 Å². The van der Waals surface area contributed by atoms with Crippen molar-refractivity contribution >= 4 is 40.8 Å². The predicted molar refractivity (Wildman–Crippen MR) is 140 cm³/mol. The molecule has 192 valence electrons. The van der Waals surface area contributed by atoms with Crippen molar-refractivity contribution in [2.24, 2.45) is 0 Å². The number of aliphatic carboxylic acids is 1. The largest absolute Gasteiger partial charge is 0.493 e. The van der Waals surface area contributed by atoms with E-state index in [9.17, 15) is 14.4 Å². The summed E-state index contributed by atoms with van der Waals surface area (Å²) in [5.41, 5.74) is 3.35. The van der Waals surface area contributed by atoms with Crippen molar-refractivity contribution in [1.29, 1.82) is 0 Å². The van der Waals surface area contributed by atoms with E-state index in [1.54, 1.807) is 48.6 Å². The number of hydrogen-bond acceptors (Lipinski definition) is 7. The highest BCUT2D eigenvalue weighted by molar-refractivity contribution is 6.12. The Kier molecular flexibility index (Phi) is 7.37. The van der Waals surface area contributed by atoms with E-state index in [0.717, 1.165) is 16.8 Å². The molecule has 3 heterocycles. The molecule has 3 aromatic rings. The van der Waals surface area contributed by atoms with Crippen LogP contribution in [0.3, 0.4) is 0 Å². The van der Waals surface area contributed by atoms with E-state index in [2.05, 4.69) is 9.97 Å². The molecular weight excluding hydrogens is 474 g/mol. The lowest BCUT2D eigenvalue weighted by Crippen LogP contribution is -2.33. The number of rotatable bonds is 8. The quantitative estimate of drug-likeness (QED) is 0.496. The number of ether oxygens (including phenoxy) is 1. The van der Waals surface area contributed by atoms with Gasteiger partial charge in [-0.2, -0.15) is 0 Å². The molecule has 0 bridgehead atoms. The molecule has 0 atom stereocenters. The van der Waals surface area contributed by atoms with E-state index in [0.29, 0.717) is 48.2 Å². The standard InChI is InChI=1S/C27H29N5O5/c1-5-31-25-21(27(36)30(4)22-7-6-11-28-26(22)31)14-19(15-29-25)10-12-37-23-9-8-20(13-17(23)2)32(18(3)33)16-24(34)35/h6-9,11,13-15H,5,10,12,16H2,1-4H3,(H,34,35). The number of benzene rings is 1. The normalized spacial score (nSPS) is 12.5. The third kappa shape index (κ3) is 5.23. The van der Waals surface area contributed by atoms with Gasteiger partial charge in [-0.05, 0) is 61.4 Å². The Hall–Kier alpha value is -4.47. The predicted octanol–water partition coefficient (Wildman–Crippen LogP) is 3.59. The molecule has 10 heteroatoms. The van der Waals surface area contributed by atoms with Gasteiger partial charge >= 0.3 is 5.97 Å². The van der Waals surface area contributed by atoms with Gasteiger partial charge in [-0.1, -0.05) is 0 Å². The summed E-state index contributed by atoms with van der Waals surface area (Å²) in [4.78, 5) is 50.1. The molecule has 2 amide bonds. The van der Waals surface area contributed by atoms with Crippen molar-refractivity contribution in [3.63, 3.8) is 0 Å². The summed E-state index contributed by atoms with van der Waals surface area (Å²) in [5.74, 6) is 0.289. The highest BCUT2D eigenvalue weighted by atomic mass is 16.5. The first-order valence-electron chi connectivity index (χ1n) is 11.9. The highest BCUT2D eigenvalue weighted by Gasteiger charge is 2.30. The number of carboxylic acid groups (broad SMARTS) is 1. The smallest absolute Gasteiger partial charge is 0.323 e. The summed E-state index contributed by atoms with van der Waals surface area (Å²) in [7, 11) is 1.73. The first kappa shape index (κ1) is 25.6. The zero-order valence-corrected chi connectivity index (χ0v) is 21.3. The summed E-state index contributed by atoms with van der Waals surface area (Å²) in [6.45, 7) is 5.69. The molecule has 0 saturated carbocycles. The Morgan fingerprint density at radius 2 is 1.92 bits per heavy atom. The van der Waals surface area contributed by atoms with E-state index >= 15 is 0 Å². The van der Waals surface area contributed by atoms with Crippen LogP contribution in [0.1, 0.15) is 35.3 Å². The maximum Gasteiger partial charge on any atom is 0.323 e. The average molecular weight is 504 g/mol. The van der Waals surface area contributed by atoms with E-state index in [4.69, 9.17) is 9.84 Å². The minimum atomic E-state index is -1.09. The van der Waals surface area contributed by atoms with Crippen molar-refractivity contribution in [3.8, 4) is 5.75 Å². The Morgan fingerprint density at radius 3 is 2.59 bits per heavy atom. The van der Waals surface area contributed by atoms with Crippen LogP contribution in [-0.2, 0) is 16.0 Å². The van der Waals surface area contributed by atoms with E-state index in [1.807, 2.05) is 30.9 Å². The van der Waals surface area contributed by atoms with Crippen LogP contribution < -0.4 is 19.4 Å². The molecule has 1 aromatic carbocycles. The van der Waals surface area contributed by atoms with Crippen LogP contribution in [0.4, 0.5) is 23.0 Å².